The number of aromatic hydroxyl groups is 1. The molecule has 1 heterocycles. The maximum atomic E-state index is 12.1. The van der Waals surface area contributed by atoms with Crippen molar-refractivity contribution >= 4 is 11.6 Å². The van der Waals surface area contributed by atoms with Gasteiger partial charge in [0.2, 0.25) is 0 Å². The zero-order valence-electron chi connectivity index (χ0n) is 12.0. The van der Waals surface area contributed by atoms with Crippen LogP contribution in [0.3, 0.4) is 0 Å². The van der Waals surface area contributed by atoms with Gasteiger partial charge in [-0.15, -0.1) is 19.7 Å². The van der Waals surface area contributed by atoms with E-state index in [0.29, 0.717) is 36.4 Å². The normalized spacial score (nSPS) is 13.3. The molecule has 0 unspecified atom stereocenters. The van der Waals surface area contributed by atoms with Gasteiger partial charge in [0.1, 0.15) is 11.5 Å². The van der Waals surface area contributed by atoms with Crippen molar-refractivity contribution in [2.45, 2.75) is 12.8 Å². The van der Waals surface area contributed by atoms with Crippen LogP contribution < -0.4 is 9.64 Å². The Morgan fingerprint density at radius 2 is 1.95 bits per heavy atom. The maximum Gasteiger partial charge on any atom is 0.265 e. The number of hydrogen-bond acceptors (Lipinski definition) is 3. The van der Waals surface area contributed by atoms with Gasteiger partial charge in [-0.25, -0.2) is 0 Å². The van der Waals surface area contributed by atoms with E-state index in [1.807, 2.05) is 0 Å². The summed E-state index contributed by atoms with van der Waals surface area (Å²) in [6, 6.07) is 1.77. The summed E-state index contributed by atoms with van der Waals surface area (Å²) in [7, 11) is 0. The topological polar surface area (TPSA) is 49.8 Å². The van der Waals surface area contributed by atoms with Crippen LogP contribution >= 0.6 is 0 Å². The van der Waals surface area contributed by atoms with Gasteiger partial charge in [0.15, 0.2) is 6.61 Å². The molecule has 1 amide bonds. The lowest BCUT2D eigenvalue weighted by molar-refractivity contribution is -0.121. The monoisotopic (exact) mass is 285 g/mol. The molecule has 0 aliphatic carbocycles. The Hall–Kier alpha value is -2.49. The fraction of sp³-hybridized carbons (Fsp3) is 0.235. The third kappa shape index (κ3) is 2.70. The highest BCUT2D eigenvalue weighted by molar-refractivity contribution is 5.99. The number of benzene rings is 1. The Balaban J connectivity index is 2.66. The van der Waals surface area contributed by atoms with E-state index in [1.165, 1.54) is 0 Å². The summed E-state index contributed by atoms with van der Waals surface area (Å²) < 4.78 is 5.54. The molecule has 0 aromatic heterocycles. The highest BCUT2D eigenvalue weighted by Crippen LogP contribution is 2.43. The van der Waals surface area contributed by atoms with Crippen LogP contribution in [0.4, 0.5) is 5.69 Å². The summed E-state index contributed by atoms with van der Waals surface area (Å²) in [5.74, 6) is 0.618. The first-order valence-corrected chi connectivity index (χ1v) is 6.77. The zero-order valence-corrected chi connectivity index (χ0v) is 12.0. The molecule has 1 aliphatic rings. The number of phenolic OH excluding ortho intramolecular Hbond substituents is 1. The van der Waals surface area contributed by atoms with E-state index in [-0.39, 0.29) is 18.3 Å². The highest BCUT2D eigenvalue weighted by Gasteiger charge is 2.29. The number of anilines is 1. The number of rotatable bonds is 6. The molecule has 21 heavy (non-hydrogen) atoms. The van der Waals surface area contributed by atoms with Crippen molar-refractivity contribution in [2.24, 2.45) is 0 Å². The SMILES string of the molecule is C=CCc1cc2c(c(CC=C)c1O)N(CC=C)C(=O)CO2. The number of hydrogen-bond donors (Lipinski definition) is 1. The summed E-state index contributed by atoms with van der Waals surface area (Å²) in [6.07, 6.45) is 6.04. The molecule has 2 rings (SSSR count). The van der Waals surface area contributed by atoms with Crippen molar-refractivity contribution in [3.8, 4) is 11.5 Å². The molecule has 0 fully saturated rings. The lowest BCUT2D eigenvalue weighted by Crippen LogP contribution is -2.39. The minimum absolute atomic E-state index is 0.00727. The molecule has 4 nitrogen and oxygen atoms in total. The summed E-state index contributed by atoms with van der Waals surface area (Å²) in [4.78, 5) is 13.6. The average molecular weight is 285 g/mol. The fourth-order valence-corrected chi connectivity index (χ4v) is 2.47. The van der Waals surface area contributed by atoms with E-state index in [2.05, 4.69) is 19.7 Å². The summed E-state index contributed by atoms with van der Waals surface area (Å²) >= 11 is 0. The van der Waals surface area contributed by atoms with Crippen molar-refractivity contribution in [3.05, 3.63) is 55.2 Å². The van der Waals surface area contributed by atoms with E-state index < -0.39 is 0 Å². The standard InChI is InChI=1S/C17H19NO3/c1-4-7-12-10-14-16(13(8-5-2)17(12)20)18(9-6-3)15(19)11-21-14/h4-6,10,20H,1-3,7-9,11H2. The van der Waals surface area contributed by atoms with Crippen molar-refractivity contribution in [3.63, 3.8) is 0 Å². The number of amides is 1. The maximum absolute atomic E-state index is 12.1. The number of carbonyl (C=O) groups excluding carboxylic acids is 1. The molecule has 0 saturated heterocycles. The quantitative estimate of drug-likeness (QED) is 0.818. The van der Waals surface area contributed by atoms with Crippen molar-refractivity contribution < 1.29 is 14.6 Å². The Kier molecular flexibility index (Phi) is 4.48. The largest absolute Gasteiger partial charge is 0.507 e. The van der Waals surface area contributed by atoms with Crippen LogP contribution in [0.5, 0.6) is 11.5 Å². The molecule has 1 aliphatic heterocycles. The van der Waals surface area contributed by atoms with E-state index in [9.17, 15) is 9.90 Å². The van der Waals surface area contributed by atoms with Crippen LogP contribution in [0.25, 0.3) is 0 Å². The van der Waals surface area contributed by atoms with E-state index in [4.69, 9.17) is 4.74 Å². The predicted octanol–water partition coefficient (Wildman–Crippen LogP) is 2.76. The van der Waals surface area contributed by atoms with Crippen molar-refractivity contribution in [1.82, 2.24) is 0 Å². The van der Waals surface area contributed by atoms with Gasteiger partial charge in [0.25, 0.3) is 5.91 Å². The Morgan fingerprint density at radius 1 is 1.24 bits per heavy atom. The summed E-state index contributed by atoms with van der Waals surface area (Å²) in [5, 5.41) is 10.5. The molecule has 1 aromatic rings. The summed E-state index contributed by atoms with van der Waals surface area (Å²) in [5.41, 5.74) is 1.99. The lowest BCUT2D eigenvalue weighted by atomic mass is 9.99. The minimum Gasteiger partial charge on any atom is -0.507 e. The summed E-state index contributed by atoms with van der Waals surface area (Å²) in [6.45, 7) is 11.5. The molecule has 0 radical (unpaired) electrons. The molecule has 0 saturated carbocycles. The van der Waals surface area contributed by atoms with Gasteiger partial charge in [-0.05, 0) is 18.9 Å². The molecule has 0 spiro atoms. The second-order valence-electron chi connectivity index (χ2n) is 4.78. The average Bonchev–Trinajstić information content (AvgIpc) is 2.47. The fourth-order valence-electron chi connectivity index (χ4n) is 2.47. The smallest absolute Gasteiger partial charge is 0.265 e. The van der Waals surface area contributed by atoms with Gasteiger partial charge >= 0.3 is 0 Å². The Morgan fingerprint density at radius 3 is 2.57 bits per heavy atom. The molecule has 1 N–H and O–H groups in total. The van der Waals surface area contributed by atoms with E-state index in [1.54, 1.807) is 29.2 Å². The second kappa shape index (κ2) is 6.31. The second-order valence-corrected chi connectivity index (χ2v) is 4.78. The van der Waals surface area contributed by atoms with Crippen molar-refractivity contribution in [2.75, 3.05) is 18.1 Å². The lowest BCUT2D eigenvalue weighted by Gasteiger charge is -2.31. The predicted molar refractivity (Wildman–Crippen MR) is 84.0 cm³/mol. The van der Waals surface area contributed by atoms with Gasteiger partial charge in [-0.2, -0.15) is 0 Å². The van der Waals surface area contributed by atoms with Crippen LogP contribution in [-0.4, -0.2) is 24.2 Å². The first-order chi connectivity index (χ1) is 10.1. The first kappa shape index (κ1) is 14.9. The molecule has 4 heteroatoms. The molecular formula is C17H19NO3. The van der Waals surface area contributed by atoms with Gasteiger partial charge in [0, 0.05) is 17.7 Å². The molecular weight excluding hydrogens is 266 g/mol. The zero-order chi connectivity index (χ0) is 15.4. The van der Waals surface area contributed by atoms with E-state index >= 15 is 0 Å². The van der Waals surface area contributed by atoms with Crippen LogP contribution in [0.1, 0.15) is 11.1 Å². The number of carbonyl (C=O) groups is 1. The Bertz CT molecular complexity index is 605. The number of ether oxygens (including phenoxy) is 1. The number of fused-ring (bicyclic) bond motifs is 1. The van der Waals surface area contributed by atoms with Crippen LogP contribution in [0, 0.1) is 0 Å². The van der Waals surface area contributed by atoms with Gasteiger partial charge < -0.3 is 14.7 Å². The van der Waals surface area contributed by atoms with Gasteiger partial charge in [-0.1, -0.05) is 18.2 Å². The molecule has 0 atom stereocenters. The van der Waals surface area contributed by atoms with Crippen LogP contribution in [-0.2, 0) is 17.6 Å². The third-order valence-electron chi connectivity index (χ3n) is 3.36. The van der Waals surface area contributed by atoms with E-state index in [0.717, 1.165) is 5.56 Å². The number of nitrogens with zero attached hydrogens (tertiary/aromatic N) is 1. The van der Waals surface area contributed by atoms with Crippen LogP contribution in [0.2, 0.25) is 0 Å². The molecule has 0 bridgehead atoms. The van der Waals surface area contributed by atoms with Gasteiger partial charge in [0.05, 0.1) is 5.69 Å². The van der Waals surface area contributed by atoms with Gasteiger partial charge in [-0.3, -0.25) is 4.79 Å². The molecule has 110 valence electrons. The Labute approximate surface area is 124 Å². The third-order valence-corrected chi connectivity index (χ3v) is 3.36. The van der Waals surface area contributed by atoms with Crippen molar-refractivity contribution in [1.29, 1.82) is 0 Å². The first-order valence-electron chi connectivity index (χ1n) is 6.77. The number of phenols is 1. The highest BCUT2D eigenvalue weighted by atomic mass is 16.5. The minimum atomic E-state index is -0.149. The number of allylic oxidation sites excluding steroid dienone is 2. The van der Waals surface area contributed by atoms with Crippen LogP contribution in [0.15, 0.2) is 44.0 Å². The molecule has 1 aromatic carbocycles.